The highest BCUT2D eigenvalue weighted by atomic mass is 35.5. The maximum absolute atomic E-state index is 12.7. The summed E-state index contributed by atoms with van der Waals surface area (Å²) in [6.07, 6.45) is 0.732. The number of aromatic nitrogens is 2. The number of nitrogens with one attached hydrogen (secondary N) is 1. The number of carbonyl (C=O) groups is 2. The second-order valence-corrected chi connectivity index (χ2v) is 6.87. The van der Waals surface area contributed by atoms with Crippen molar-refractivity contribution in [1.82, 2.24) is 14.9 Å². The standard InChI is InChI=1S/C15H17ClN4O3S/c1-3-6-20-13(22)10-5-4-9(16)7-11(10)18-15(20)24-8(2)12(21)19-14(17)23/h4-5,7-8H,3,6H2,1-2H3,(H3,17,19,21,23)/t8-/m0/s1. The summed E-state index contributed by atoms with van der Waals surface area (Å²) in [5.74, 6) is -0.545. The fourth-order valence-corrected chi connectivity index (χ4v) is 3.22. The number of hydrogen-bond acceptors (Lipinski definition) is 5. The van der Waals surface area contributed by atoms with Gasteiger partial charge in [-0.3, -0.25) is 19.5 Å². The van der Waals surface area contributed by atoms with E-state index in [4.69, 9.17) is 17.3 Å². The van der Waals surface area contributed by atoms with Crippen LogP contribution in [0.25, 0.3) is 10.9 Å². The molecule has 2 aromatic rings. The number of hydrogen-bond donors (Lipinski definition) is 2. The normalized spacial score (nSPS) is 12.1. The molecule has 1 aromatic carbocycles. The zero-order valence-corrected chi connectivity index (χ0v) is 14.8. The van der Waals surface area contributed by atoms with Gasteiger partial charge in [0.2, 0.25) is 5.91 Å². The lowest BCUT2D eigenvalue weighted by molar-refractivity contribution is -0.119. The van der Waals surface area contributed by atoms with E-state index in [9.17, 15) is 14.4 Å². The first kappa shape index (κ1) is 18.3. The third-order valence-corrected chi connectivity index (χ3v) is 4.55. The smallest absolute Gasteiger partial charge is 0.318 e. The third-order valence-electron chi connectivity index (χ3n) is 3.23. The van der Waals surface area contributed by atoms with E-state index >= 15 is 0 Å². The Morgan fingerprint density at radius 2 is 2.17 bits per heavy atom. The molecule has 1 heterocycles. The van der Waals surface area contributed by atoms with Crippen LogP contribution in [-0.4, -0.2) is 26.7 Å². The van der Waals surface area contributed by atoms with Crippen molar-refractivity contribution in [2.45, 2.75) is 37.2 Å². The van der Waals surface area contributed by atoms with Gasteiger partial charge in [-0.05, 0) is 31.5 Å². The number of halogens is 1. The minimum atomic E-state index is -0.920. The van der Waals surface area contributed by atoms with E-state index in [1.807, 2.05) is 12.2 Å². The van der Waals surface area contributed by atoms with Gasteiger partial charge >= 0.3 is 6.03 Å². The van der Waals surface area contributed by atoms with Gasteiger partial charge < -0.3 is 5.73 Å². The van der Waals surface area contributed by atoms with Crippen LogP contribution in [0, 0.1) is 0 Å². The minimum absolute atomic E-state index is 0.191. The van der Waals surface area contributed by atoms with Crippen LogP contribution >= 0.6 is 23.4 Å². The van der Waals surface area contributed by atoms with Gasteiger partial charge in [0.15, 0.2) is 5.16 Å². The number of benzene rings is 1. The summed E-state index contributed by atoms with van der Waals surface area (Å²) < 4.78 is 1.52. The molecule has 0 fully saturated rings. The number of amides is 3. The van der Waals surface area contributed by atoms with E-state index in [0.717, 1.165) is 18.2 Å². The van der Waals surface area contributed by atoms with Crippen molar-refractivity contribution in [2.24, 2.45) is 5.73 Å². The highest BCUT2D eigenvalue weighted by molar-refractivity contribution is 8.00. The van der Waals surface area contributed by atoms with Crippen molar-refractivity contribution < 1.29 is 9.59 Å². The summed E-state index contributed by atoms with van der Waals surface area (Å²) in [7, 11) is 0. The molecule has 3 amide bonds. The van der Waals surface area contributed by atoms with Crippen LogP contribution in [0.3, 0.4) is 0 Å². The van der Waals surface area contributed by atoms with Crippen molar-refractivity contribution >= 4 is 46.2 Å². The number of nitrogens with zero attached hydrogens (tertiary/aromatic N) is 2. The van der Waals surface area contributed by atoms with E-state index in [1.165, 1.54) is 4.57 Å². The molecular formula is C15H17ClN4O3S. The minimum Gasteiger partial charge on any atom is -0.351 e. The third kappa shape index (κ3) is 4.07. The molecule has 24 heavy (non-hydrogen) atoms. The molecule has 0 spiro atoms. The first-order valence-electron chi connectivity index (χ1n) is 7.30. The van der Waals surface area contributed by atoms with Crippen LogP contribution < -0.4 is 16.6 Å². The molecule has 9 heteroatoms. The molecule has 0 aliphatic carbocycles. The van der Waals surface area contributed by atoms with Crippen LogP contribution in [0.1, 0.15) is 20.3 Å². The first-order chi connectivity index (χ1) is 11.3. The lowest BCUT2D eigenvalue weighted by atomic mass is 10.2. The topological polar surface area (TPSA) is 107 Å². The van der Waals surface area contributed by atoms with Gasteiger partial charge in [0, 0.05) is 11.6 Å². The molecule has 7 nitrogen and oxygen atoms in total. The number of nitrogens with two attached hydrogens (primary N) is 1. The summed E-state index contributed by atoms with van der Waals surface area (Å²) in [6, 6.07) is 3.96. The Balaban J connectivity index is 2.47. The van der Waals surface area contributed by atoms with Crippen LogP contribution in [0.15, 0.2) is 28.2 Å². The summed E-state index contributed by atoms with van der Waals surface area (Å²) in [4.78, 5) is 39.8. The van der Waals surface area contributed by atoms with Crippen molar-refractivity contribution in [3.05, 3.63) is 33.6 Å². The SMILES string of the molecule is CCCn1c(S[C@@H](C)C(=O)NC(N)=O)nc2cc(Cl)ccc2c1=O. The molecule has 0 bridgehead atoms. The first-order valence-corrected chi connectivity index (χ1v) is 8.56. The lowest BCUT2D eigenvalue weighted by Crippen LogP contribution is -2.39. The maximum atomic E-state index is 12.7. The molecule has 2 rings (SSSR count). The number of thioether (sulfide) groups is 1. The average Bonchev–Trinajstić information content (AvgIpc) is 2.50. The van der Waals surface area contributed by atoms with E-state index in [0.29, 0.717) is 27.6 Å². The number of carbonyl (C=O) groups excluding carboxylic acids is 2. The van der Waals surface area contributed by atoms with E-state index in [2.05, 4.69) is 4.98 Å². The van der Waals surface area contributed by atoms with Crippen LogP contribution in [-0.2, 0) is 11.3 Å². The Morgan fingerprint density at radius 3 is 2.79 bits per heavy atom. The predicted octanol–water partition coefficient (Wildman–Crippen LogP) is 2.14. The summed E-state index contributed by atoms with van der Waals surface area (Å²) in [6.45, 7) is 4.01. The van der Waals surface area contributed by atoms with Gasteiger partial charge in [0.25, 0.3) is 5.56 Å². The van der Waals surface area contributed by atoms with Crippen molar-refractivity contribution in [1.29, 1.82) is 0 Å². The van der Waals surface area contributed by atoms with Gasteiger partial charge in [-0.25, -0.2) is 9.78 Å². The number of urea groups is 1. The highest BCUT2D eigenvalue weighted by Crippen LogP contribution is 2.24. The fraction of sp³-hybridized carbons (Fsp3) is 0.333. The zero-order valence-electron chi connectivity index (χ0n) is 13.2. The van der Waals surface area contributed by atoms with E-state index < -0.39 is 17.2 Å². The van der Waals surface area contributed by atoms with Crippen molar-refractivity contribution in [3.8, 4) is 0 Å². The Morgan fingerprint density at radius 1 is 1.46 bits per heavy atom. The van der Waals surface area contributed by atoms with Crippen LogP contribution in [0.2, 0.25) is 5.02 Å². The Labute approximate surface area is 147 Å². The second-order valence-electron chi connectivity index (χ2n) is 5.13. The maximum Gasteiger partial charge on any atom is 0.318 e. The molecular weight excluding hydrogens is 352 g/mol. The molecule has 0 unspecified atom stereocenters. The van der Waals surface area contributed by atoms with Crippen molar-refractivity contribution in [3.63, 3.8) is 0 Å². The van der Waals surface area contributed by atoms with Crippen LogP contribution in [0.4, 0.5) is 4.79 Å². The molecule has 3 N–H and O–H groups in total. The van der Waals surface area contributed by atoms with Gasteiger partial charge in [0.05, 0.1) is 16.2 Å². The van der Waals surface area contributed by atoms with Crippen molar-refractivity contribution in [2.75, 3.05) is 0 Å². The largest absolute Gasteiger partial charge is 0.351 e. The molecule has 0 aliphatic heterocycles. The Hall–Kier alpha value is -2.06. The molecule has 128 valence electrons. The van der Waals surface area contributed by atoms with Gasteiger partial charge in [-0.2, -0.15) is 0 Å². The number of primary amides is 1. The highest BCUT2D eigenvalue weighted by Gasteiger charge is 2.20. The molecule has 0 aliphatic rings. The van der Waals surface area contributed by atoms with Gasteiger partial charge in [-0.1, -0.05) is 30.3 Å². The summed E-state index contributed by atoms with van der Waals surface area (Å²) in [5.41, 5.74) is 5.22. The quantitative estimate of drug-likeness (QED) is 0.621. The van der Waals surface area contributed by atoms with Gasteiger partial charge in [0.1, 0.15) is 0 Å². The number of fused-ring (bicyclic) bond motifs is 1. The zero-order chi connectivity index (χ0) is 17.9. The molecule has 1 aromatic heterocycles. The van der Waals surface area contributed by atoms with E-state index in [-0.39, 0.29) is 5.56 Å². The molecule has 0 saturated carbocycles. The summed E-state index contributed by atoms with van der Waals surface area (Å²) in [5, 5.41) is 2.70. The predicted molar refractivity (Wildman–Crippen MR) is 94.3 cm³/mol. The number of imide groups is 1. The fourth-order valence-electron chi connectivity index (χ4n) is 2.12. The molecule has 1 atom stereocenters. The summed E-state index contributed by atoms with van der Waals surface area (Å²) >= 11 is 7.05. The van der Waals surface area contributed by atoms with Gasteiger partial charge in [-0.15, -0.1) is 0 Å². The second kappa shape index (κ2) is 7.67. The molecule has 0 saturated heterocycles. The number of rotatable bonds is 5. The van der Waals surface area contributed by atoms with E-state index in [1.54, 1.807) is 25.1 Å². The molecule has 0 radical (unpaired) electrons. The average molecular weight is 369 g/mol. The Bertz CT molecular complexity index is 852. The van der Waals surface area contributed by atoms with Crippen LogP contribution in [0.5, 0.6) is 0 Å². The lowest BCUT2D eigenvalue weighted by Gasteiger charge is -2.15. The monoisotopic (exact) mass is 368 g/mol. The Kier molecular flexibility index (Phi) is 5.84.